The first-order valence-corrected chi connectivity index (χ1v) is 9.06. The molecule has 1 saturated carbocycles. The number of hydrogen-bond donors (Lipinski definition) is 2. The predicted molar refractivity (Wildman–Crippen MR) is 97.4 cm³/mol. The van der Waals surface area contributed by atoms with E-state index in [4.69, 9.17) is 16.3 Å². The third-order valence-electron chi connectivity index (χ3n) is 5.00. The number of rotatable bonds is 7. The number of nitrogens with zero attached hydrogens (tertiary/aromatic N) is 3. The summed E-state index contributed by atoms with van der Waals surface area (Å²) in [5.74, 6) is -0.0705. The van der Waals surface area contributed by atoms with Crippen molar-refractivity contribution in [2.24, 2.45) is 5.41 Å². The third kappa shape index (κ3) is 3.83. The van der Waals surface area contributed by atoms with Crippen LogP contribution in [-0.4, -0.2) is 46.3 Å². The Morgan fingerprint density at radius 2 is 2.12 bits per heavy atom. The van der Waals surface area contributed by atoms with Crippen LogP contribution in [0.5, 0.6) is 5.88 Å². The SMILES string of the molecule is COc1c(C(=O)NCC2(CO)CCCC2)nnn1Cc1ccccc1Cl. The molecule has 0 saturated heterocycles. The molecule has 1 heterocycles. The van der Waals surface area contributed by atoms with E-state index in [0.29, 0.717) is 18.1 Å². The van der Waals surface area contributed by atoms with Crippen LogP contribution in [0.15, 0.2) is 24.3 Å². The molecule has 8 heteroatoms. The number of carbonyl (C=O) groups excluding carboxylic acids is 1. The van der Waals surface area contributed by atoms with Crippen molar-refractivity contribution < 1.29 is 14.6 Å². The van der Waals surface area contributed by atoms with E-state index < -0.39 is 0 Å². The Kier molecular flexibility index (Phi) is 5.78. The molecule has 1 aromatic heterocycles. The van der Waals surface area contributed by atoms with Crippen molar-refractivity contribution in [3.63, 3.8) is 0 Å². The van der Waals surface area contributed by atoms with Crippen molar-refractivity contribution in [1.82, 2.24) is 20.3 Å². The lowest BCUT2D eigenvalue weighted by Gasteiger charge is -2.26. The molecule has 0 bridgehead atoms. The number of aliphatic hydroxyl groups excluding tert-OH is 1. The molecule has 1 aliphatic carbocycles. The smallest absolute Gasteiger partial charge is 0.277 e. The third-order valence-corrected chi connectivity index (χ3v) is 5.37. The van der Waals surface area contributed by atoms with E-state index in [0.717, 1.165) is 31.2 Å². The highest BCUT2D eigenvalue weighted by molar-refractivity contribution is 6.31. The van der Waals surface area contributed by atoms with Gasteiger partial charge in [0.15, 0.2) is 0 Å². The van der Waals surface area contributed by atoms with Crippen LogP contribution in [0.2, 0.25) is 5.02 Å². The summed E-state index contributed by atoms with van der Waals surface area (Å²) < 4.78 is 6.87. The Labute approximate surface area is 157 Å². The largest absolute Gasteiger partial charge is 0.479 e. The first-order chi connectivity index (χ1) is 12.6. The average molecular weight is 379 g/mol. The second-order valence-corrected chi connectivity index (χ2v) is 7.15. The molecule has 0 radical (unpaired) electrons. The van der Waals surface area contributed by atoms with Gasteiger partial charge in [0.05, 0.1) is 20.3 Å². The molecule has 7 nitrogen and oxygen atoms in total. The fourth-order valence-electron chi connectivity index (χ4n) is 3.41. The maximum Gasteiger partial charge on any atom is 0.277 e. The molecule has 1 aromatic carbocycles. The molecule has 1 amide bonds. The molecular formula is C18H23ClN4O3. The van der Waals surface area contributed by atoms with Gasteiger partial charge in [0.2, 0.25) is 11.6 Å². The van der Waals surface area contributed by atoms with Crippen molar-refractivity contribution in [2.45, 2.75) is 32.2 Å². The Morgan fingerprint density at radius 3 is 2.77 bits per heavy atom. The van der Waals surface area contributed by atoms with Gasteiger partial charge in [0.1, 0.15) is 0 Å². The molecule has 0 aliphatic heterocycles. The molecule has 0 unspecified atom stereocenters. The van der Waals surface area contributed by atoms with Gasteiger partial charge in [0.25, 0.3) is 5.91 Å². The lowest BCUT2D eigenvalue weighted by atomic mass is 9.87. The Hall–Kier alpha value is -2.12. The topological polar surface area (TPSA) is 89.3 Å². The van der Waals surface area contributed by atoms with E-state index in [1.54, 1.807) is 6.07 Å². The Morgan fingerprint density at radius 1 is 1.38 bits per heavy atom. The molecule has 140 valence electrons. The molecule has 3 rings (SSSR count). The highest BCUT2D eigenvalue weighted by atomic mass is 35.5. The number of nitrogens with one attached hydrogen (secondary N) is 1. The highest BCUT2D eigenvalue weighted by Gasteiger charge is 2.34. The minimum Gasteiger partial charge on any atom is -0.479 e. The molecule has 1 fully saturated rings. The predicted octanol–water partition coefficient (Wildman–Crippen LogP) is 2.27. The first kappa shape index (κ1) is 18.7. The fraction of sp³-hybridized carbons (Fsp3) is 0.500. The normalized spacial score (nSPS) is 15.8. The van der Waals surface area contributed by atoms with Gasteiger partial charge >= 0.3 is 0 Å². The van der Waals surface area contributed by atoms with Crippen LogP contribution in [-0.2, 0) is 6.54 Å². The van der Waals surface area contributed by atoms with Gasteiger partial charge in [-0.3, -0.25) is 4.79 Å². The quantitative estimate of drug-likeness (QED) is 0.771. The molecular weight excluding hydrogens is 356 g/mol. The van der Waals surface area contributed by atoms with E-state index >= 15 is 0 Å². The number of aromatic nitrogens is 3. The molecule has 1 aliphatic rings. The Balaban J connectivity index is 1.73. The van der Waals surface area contributed by atoms with E-state index in [1.165, 1.54) is 11.8 Å². The van der Waals surface area contributed by atoms with Crippen molar-refractivity contribution in [3.05, 3.63) is 40.5 Å². The second kappa shape index (κ2) is 8.05. The molecule has 2 aromatic rings. The highest BCUT2D eigenvalue weighted by Crippen LogP contribution is 2.37. The van der Waals surface area contributed by atoms with Gasteiger partial charge in [-0.25, -0.2) is 4.68 Å². The van der Waals surface area contributed by atoms with Gasteiger partial charge in [-0.05, 0) is 24.5 Å². The lowest BCUT2D eigenvalue weighted by Crippen LogP contribution is -2.38. The van der Waals surface area contributed by atoms with Gasteiger partial charge in [-0.15, -0.1) is 5.10 Å². The number of aliphatic hydroxyl groups is 1. The zero-order chi connectivity index (χ0) is 18.6. The summed E-state index contributed by atoms with van der Waals surface area (Å²) in [6, 6.07) is 7.41. The summed E-state index contributed by atoms with van der Waals surface area (Å²) in [4.78, 5) is 12.6. The summed E-state index contributed by atoms with van der Waals surface area (Å²) in [5, 5.41) is 21.2. The van der Waals surface area contributed by atoms with Crippen LogP contribution in [0.3, 0.4) is 0 Å². The number of benzene rings is 1. The maximum atomic E-state index is 12.6. The maximum absolute atomic E-state index is 12.6. The molecule has 26 heavy (non-hydrogen) atoms. The van der Waals surface area contributed by atoms with Gasteiger partial charge < -0.3 is 15.2 Å². The number of ether oxygens (including phenoxy) is 1. The van der Waals surface area contributed by atoms with E-state index in [9.17, 15) is 9.90 Å². The van der Waals surface area contributed by atoms with Crippen molar-refractivity contribution in [2.75, 3.05) is 20.3 Å². The van der Waals surface area contributed by atoms with Gasteiger partial charge in [-0.2, -0.15) is 0 Å². The minimum absolute atomic E-state index is 0.0730. The number of hydrogen-bond acceptors (Lipinski definition) is 5. The van der Waals surface area contributed by atoms with E-state index in [1.807, 2.05) is 18.2 Å². The average Bonchev–Trinajstić information content (AvgIpc) is 3.29. The molecule has 0 atom stereocenters. The van der Waals surface area contributed by atoms with Crippen LogP contribution in [0.1, 0.15) is 41.7 Å². The zero-order valence-electron chi connectivity index (χ0n) is 14.7. The fourth-order valence-corrected chi connectivity index (χ4v) is 3.60. The lowest BCUT2D eigenvalue weighted by molar-refractivity contribution is 0.0873. The Bertz CT molecular complexity index is 772. The van der Waals surface area contributed by atoms with Crippen molar-refractivity contribution in [1.29, 1.82) is 0 Å². The molecule has 0 spiro atoms. The van der Waals surface area contributed by atoms with E-state index in [-0.39, 0.29) is 29.5 Å². The second-order valence-electron chi connectivity index (χ2n) is 6.74. The van der Waals surface area contributed by atoms with Crippen LogP contribution in [0.25, 0.3) is 0 Å². The van der Waals surface area contributed by atoms with Gasteiger partial charge in [-0.1, -0.05) is 47.9 Å². The number of methoxy groups -OCH3 is 1. The minimum atomic E-state index is -0.355. The van der Waals surface area contributed by atoms with Crippen molar-refractivity contribution in [3.8, 4) is 5.88 Å². The summed E-state index contributed by atoms with van der Waals surface area (Å²) in [6.45, 7) is 0.843. The van der Waals surface area contributed by atoms with Gasteiger partial charge in [0, 0.05) is 17.0 Å². The van der Waals surface area contributed by atoms with Crippen LogP contribution in [0.4, 0.5) is 0 Å². The number of amides is 1. The number of halogens is 1. The number of carbonyl (C=O) groups is 1. The van der Waals surface area contributed by atoms with Crippen LogP contribution in [0, 0.1) is 5.41 Å². The summed E-state index contributed by atoms with van der Waals surface area (Å²) >= 11 is 6.19. The monoisotopic (exact) mass is 378 g/mol. The van der Waals surface area contributed by atoms with Crippen LogP contribution >= 0.6 is 11.6 Å². The van der Waals surface area contributed by atoms with Crippen molar-refractivity contribution >= 4 is 17.5 Å². The summed E-state index contributed by atoms with van der Waals surface area (Å²) in [6.07, 6.45) is 3.99. The molecule has 2 N–H and O–H groups in total. The van der Waals surface area contributed by atoms with Crippen LogP contribution < -0.4 is 10.1 Å². The van der Waals surface area contributed by atoms with E-state index in [2.05, 4.69) is 15.6 Å². The first-order valence-electron chi connectivity index (χ1n) is 8.68. The summed E-state index contributed by atoms with van der Waals surface area (Å²) in [7, 11) is 1.48. The standard InChI is InChI=1S/C18H23ClN4O3/c1-26-17-15(16(25)20-11-18(12-24)8-4-5-9-18)21-22-23(17)10-13-6-2-3-7-14(13)19/h2-3,6-7,24H,4-5,8-12H2,1H3,(H,20,25). The zero-order valence-corrected chi connectivity index (χ0v) is 15.5. The summed E-state index contributed by atoms with van der Waals surface area (Å²) in [5.41, 5.74) is 0.761.